The molecule has 0 aromatic carbocycles. The van der Waals surface area contributed by atoms with E-state index in [0.29, 0.717) is 5.41 Å². The van der Waals surface area contributed by atoms with Gasteiger partial charge in [-0.05, 0) is 18.3 Å². The molecule has 1 unspecified atom stereocenters. The average Bonchev–Trinajstić information content (AvgIpc) is 2.27. The van der Waals surface area contributed by atoms with Crippen LogP contribution in [0.1, 0.15) is 67.7 Å². The van der Waals surface area contributed by atoms with E-state index in [-0.39, 0.29) is 17.7 Å². The maximum atomic E-state index is 11.5. The summed E-state index contributed by atoms with van der Waals surface area (Å²) in [5.41, 5.74) is 6.14. The van der Waals surface area contributed by atoms with Gasteiger partial charge in [0.05, 0.1) is 6.04 Å². The molecule has 0 aromatic rings. The fraction of sp³-hybridized carbons (Fsp3) is 0.929. The van der Waals surface area contributed by atoms with Crippen LogP contribution in [0.3, 0.4) is 0 Å². The fourth-order valence-electron chi connectivity index (χ4n) is 1.29. The van der Waals surface area contributed by atoms with Gasteiger partial charge in [-0.3, -0.25) is 4.79 Å². The quantitative estimate of drug-likeness (QED) is 0.753. The molecule has 0 aliphatic rings. The van der Waals surface area contributed by atoms with Gasteiger partial charge in [0.1, 0.15) is 0 Å². The Morgan fingerprint density at radius 2 is 1.69 bits per heavy atom. The molecule has 0 saturated heterocycles. The molecule has 0 aliphatic carbocycles. The third-order valence-electron chi connectivity index (χ3n) is 3.02. The van der Waals surface area contributed by atoms with Crippen molar-refractivity contribution in [2.45, 2.75) is 73.8 Å². The number of ketones is 1. The SMILES string of the molecule is CC.CCC(C)(C)CCC(N)C(=O)C(C)C. The second-order valence-electron chi connectivity index (χ2n) is 5.22. The van der Waals surface area contributed by atoms with Gasteiger partial charge in [-0.25, -0.2) is 0 Å². The molecular weight excluding hydrogens is 198 g/mol. The van der Waals surface area contributed by atoms with Crippen molar-refractivity contribution in [1.29, 1.82) is 0 Å². The smallest absolute Gasteiger partial charge is 0.152 e. The van der Waals surface area contributed by atoms with E-state index in [2.05, 4.69) is 20.8 Å². The largest absolute Gasteiger partial charge is 0.321 e. The molecule has 0 spiro atoms. The van der Waals surface area contributed by atoms with Crippen molar-refractivity contribution in [2.24, 2.45) is 17.1 Å². The Balaban J connectivity index is 0. The van der Waals surface area contributed by atoms with Crippen LogP contribution in [0.4, 0.5) is 0 Å². The van der Waals surface area contributed by atoms with Crippen LogP contribution in [-0.2, 0) is 4.79 Å². The molecule has 0 fully saturated rings. The predicted molar refractivity (Wildman–Crippen MR) is 72.5 cm³/mol. The molecule has 0 amide bonds. The van der Waals surface area contributed by atoms with Gasteiger partial charge in [-0.15, -0.1) is 0 Å². The number of rotatable bonds is 6. The highest BCUT2D eigenvalue weighted by molar-refractivity contribution is 5.85. The lowest BCUT2D eigenvalue weighted by molar-refractivity contribution is -0.123. The summed E-state index contributed by atoms with van der Waals surface area (Å²) in [6.45, 7) is 14.4. The minimum atomic E-state index is -0.263. The summed E-state index contributed by atoms with van der Waals surface area (Å²) in [5.74, 6) is 0.256. The van der Waals surface area contributed by atoms with Crippen LogP contribution >= 0.6 is 0 Å². The Labute approximate surface area is 102 Å². The predicted octanol–water partition coefficient (Wildman–Crippen LogP) is 3.78. The lowest BCUT2D eigenvalue weighted by atomic mass is 9.83. The van der Waals surface area contributed by atoms with Crippen molar-refractivity contribution in [1.82, 2.24) is 0 Å². The molecule has 0 aromatic heterocycles. The first-order valence-corrected chi connectivity index (χ1v) is 6.59. The number of Topliss-reactive ketones (excluding diaryl/α,β-unsaturated/α-hetero) is 1. The van der Waals surface area contributed by atoms with E-state index < -0.39 is 0 Å². The van der Waals surface area contributed by atoms with E-state index in [4.69, 9.17) is 5.73 Å². The highest BCUT2D eigenvalue weighted by Crippen LogP contribution is 2.26. The minimum Gasteiger partial charge on any atom is -0.321 e. The van der Waals surface area contributed by atoms with Crippen LogP contribution in [0.5, 0.6) is 0 Å². The van der Waals surface area contributed by atoms with Gasteiger partial charge in [0.15, 0.2) is 5.78 Å². The molecule has 0 radical (unpaired) electrons. The molecular formula is C14H31NO. The number of nitrogens with two attached hydrogens (primary N) is 1. The van der Waals surface area contributed by atoms with Gasteiger partial charge in [-0.1, -0.05) is 54.9 Å². The zero-order valence-corrected chi connectivity index (χ0v) is 12.3. The maximum absolute atomic E-state index is 11.5. The zero-order chi connectivity index (χ0) is 13.4. The second-order valence-corrected chi connectivity index (χ2v) is 5.22. The van der Waals surface area contributed by atoms with E-state index >= 15 is 0 Å². The van der Waals surface area contributed by atoms with Crippen LogP contribution in [-0.4, -0.2) is 11.8 Å². The molecule has 0 saturated carbocycles. The summed E-state index contributed by atoms with van der Waals surface area (Å²) in [5, 5.41) is 0. The summed E-state index contributed by atoms with van der Waals surface area (Å²) in [4.78, 5) is 11.5. The normalized spacial score (nSPS) is 13.1. The molecule has 98 valence electrons. The molecule has 2 nitrogen and oxygen atoms in total. The third-order valence-corrected chi connectivity index (χ3v) is 3.02. The van der Waals surface area contributed by atoms with E-state index in [9.17, 15) is 4.79 Å². The number of hydrogen-bond donors (Lipinski definition) is 1. The molecule has 16 heavy (non-hydrogen) atoms. The maximum Gasteiger partial charge on any atom is 0.152 e. The first-order chi connectivity index (χ1) is 7.30. The van der Waals surface area contributed by atoms with E-state index in [1.54, 1.807) is 0 Å². The lowest BCUT2D eigenvalue weighted by Crippen LogP contribution is -2.34. The average molecular weight is 229 g/mol. The minimum absolute atomic E-state index is 0.0646. The molecule has 0 aliphatic heterocycles. The van der Waals surface area contributed by atoms with Crippen LogP contribution in [0.2, 0.25) is 0 Å². The third kappa shape index (κ3) is 7.86. The van der Waals surface area contributed by atoms with Crippen molar-refractivity contribution < 1.29 is 4.79 Å². The van der Waals surface area contributed by atoms with Crippen LogP contribution in [0.25, 0.3) is 0 Å². The summed E-state index contributed by atoms with van der Waals surface area (Å²) < 4.78 is 0. The number of carbonyl (C=O) groups excluding carboxylic acids is 1. The van der Waals surface area contributed by atoms with Gasteiger partial charge in [0.2, 0.25) is 0 Å². The highest BCUT2D eigenvalue weighted by Gasteiger charge is 2.21. The monoisotopic (exact) mass is 229 g/mol. The zero-order valence-electron chi connectivity index (χ0n) is 12.3. The van der Waals surface area contributed by atoms with Gasteiger partial charge in [0.25, 0.3) is 0 Å². The highest BCUT2D eigenvalue weighted by atomic mass is 16.1. The van der Waals surface area contributed by atoms with Gasteiger partial charge < -0.3 is 5.73 Å². The van der Waals surface area contributed by atoms with E-state index in [1.807, 2.05) is 27.7 Å². The van der Waals surface area contributed by atoms with Crippen molar-refractivity contribution in [3.8, 4) is 0 Å². The molecule has 0 heterocycles. The molecule has 0 bridgehead atoms. The Morgan fingerprint density at radius 3 is 2.00 bits per heavy atom. The number of carbonyl (C=O) groups is 1. The standard InChI is InChI=1S/C12H25NO.C2H6/c1-6-12(4,5)8-7-10(13)11(14)9(2)3;1-2/h9-10H,6-8,13H2,1-5H3;1-2H3. The second kappa shape index (κ2) is 8.74. The molecule has 2 heteroatoms. The Kier molecular flexibility index (Phi) is 9.84. The first kappa shape index (κ1) is 18.0. The number of hydrogen-bond acceptors (Lipinski definition) is 2. The molecule has 0 rings (SSSR count). The summed E-state index contributed by atoms with van der Waals surface area (Å²) in [6.07, 6.45) is 2.98. The van der Waals surface area contributed by atoms with Crippen molar-refractivity contribution in [2.75, 3.05) is 0 Å². The fourth-order valence-corrected chi connectivity index (χ4v) is 1.29. The van der Waals surface area contributed by atoms with Crippen LogP contribution in [0.15, 0.2) is 0 Å². The Morgan fingerprint density at radius 1 is 1.25 bits per heavy atom. The van der Waals surface area contributed by atoms with Crippen LogP contribution in [0, 0.1) is 11.3 Å². The van der Waals surface area contributed by atoms with Gasteiger partial charge >= 0.3 is 0 Å². The topological polar surface area (TPSA) is 43.1 Å². The van der Waals surface area contributed by atoms with Crippen molar-refractivity contribution >= 4 is 5.78 Å². The lowest BCUT2D eigenvalue weighted by Gasteiger charge is -2.24. The Hall–Kier alpha value is -0.370. The van der Waals surface area contributed by atoms with Crippen LogP contribution < -0.4 is 5.73 Å². The molecule has 2 N–H and O–H groups in total. The van der Waals surface area contributed by atoms with Gasteiger partial charge in [-0.2, -0.15) is 0 Å². The summed E-state index contributed by atoms with van der Waals surface area (Å²) in [7, 11) is 0. The Bertz CT molecular complexity index is 185. The van der Waals surface area contributed by atoms with E-state index in [1.165, 1.54) is 0 Å². The summed E-state index contributed by atoms with van der Waals surface area (Å²) >= 11 is 0. The first-order valence-electron chi connectivity index (χ1n) is 6.59. The van der Waals surface area contributed by atoms with Crippen molar-refractivity contribution in [3.63, 3.8) is 0 Å². The molecule has 1 atom stereocenters. The van der Waals surface area contributed by atoms with E-state index in [0.717, 1.165) is 19.3 Å². The summed E-state index contributed by atoms with van der Waals surface area (Å²) in [6, 6.07) is -0.263. The van der Waals surface area contributed by atoms with Crippen molar-refractivity contribution in [3.05, 3.63) is 0 Å². The van der Waals surface area contributed by atoms with Gasteiger partial charge in [0, 0.05) is 5.92 Å².